The first kappa shape index (κ1) is 9.28. The lowest BCUT2D eigenvalue weighted by Crippen LogP contribution is -2.36. The van der Waals surface area contributed by atoms with E-state index in [0.29, 0.717) is 0 Å². The monoisotopic (exact) mass is 243 g/mol. The van der Waals surface area contributed by atoms with Crippen LogP contribution in [0.2, 0.25) is 0 Å². The molecule has 72 valence electrons. The Balaban J connectivity index is 1.67. The van der Waals surface area contributed by atoms with E-state index in [4.69, 9.17) is 4.42 Å². The van der Waals surface area contributed by atoms with E-state index in [-0.39, 0.29) is 0 Å². The molecule has 0 amide bonds. The summed E-state index contributed by atoms with van der Waals surface area (Å²) in [4.78, 5) is 0. The fourth-order valence-electron chi connectivity index (χ4n) is 1.50. The van der Waals surface area contributed by atoms with Gasteiger partial charge in [-0.15, -0.1) is 0 Å². The van der Waals surface area contributed by atoms with Crippen molar-refractivity contribution in [3.05, 3.63) is 22.6 Å². The highest BCUT2D eigenvalue weighted by Crippen LogP contribution is 2.18. The molecule has 0 radical (unpaired) electrons. The number of hydrogen-bond donors (Lipinski definition) is 1. The van der Waals surface area contributed by atoms with Crippen LogP contribution < -0.4 is 5.32 Å². The molecule has 2 rings (SSSR count). The number of furan rings is 1. The molecule has 2 nitrogen and oxygen atoms in total. The molecule has 0 atom stereocenters. The van der Waals surface area contributed by atoms with Crippen LogP contribution in [0.4, 0.5) is 0 Å². The maximum atomic E-state index is 5.39. The van der Waals surface area contributed by atoms with Crippen molar-refractivity contribution in [2.24, 2.45) is 0 Å². The zero-order valence-corrected chi connectivity index (χ0v) is 9.14. The maximum Gasteiger partial charge on any atom is 0.169 e. The van der Waals surface area contributed by atoms with E-state index in [9.17, 15) is 0 Å². The van der Waals surface area contributed by atoms with Crippen LogP contribution in [0.5, 0.6) is 0 Å². The van der Waals surface area contributed by atoms with Crippen LogP contribution in [-0.2, 0) is 6.42 Å². The lowest BCUT2D eigenvalue weighted by molar-refractivity contribution is 0.337. The molecule has 0 saturated heterocycles. The predicted octanol–water partition coefficient (Wildman–Crippen LogP) is 2.73. The number of nitrogens with one attached hydrogen (secondary N) is 1. The van der Waals surface area contributed by atoms with Crippen LogP contribution in [-0.4, -0.2) is 12.6 Å². The van der Waals surface area contributed by atoms with Crippen molar-refractivity contribution < 1.29 is 4.42 Å². The van der Waals surface area contributed by atoms with Crippen molar-refractivity contribution in [1.82, 2.24) is 5.32 Å². The average molecular weight is 244 g/mol. The van der Waals surface area contributed by atoms with E-state index in [1.807, 2.05) is 12.1 Å². The number of hydrogen-bond acceptors (Lipinski definition) is 2. The van der Waals surface area contributed by atoms with E-state index in [1.54, 1.807) is 0 Å². The Hall–Kier alpha value is -0.280. The molecule has 3 heteroatoms. The molecule has 0 aromatic carbocycles. The number of halogens is 1. The van der Waals surface area contributed by atoms with Gasteiger partial charge in [0, 0.05) is 19.0 Å². The van der Waals surface area contributed by atoms with Crippen molar-refractivity contribution >= 4 is 15.9 Å². The molecule has 1 aromatic heterocycles. The Morgan fingerprint density at radius 2 is 2.31 bits per heavy atom. The molecule has 13 heavy (non-hydrogen) atoms. The van der Waals surface area contributed by atoms with Gasteiger partial charge in [0.1, 0.15) is 5.76 Å². The topological polar surface area (TPSA) is 25.2 Å². The van der Waals surface area contributed by atoms with E-state index in [1.165, 1.54) is 19.3 Å². The molecule has 1 fully saturated rings. The SMILES string of the molecule is Brc1ccc(CCNC2CCC2)o1. The molecule has 1 aliphatic rings. The molecule has 1 saturated carbocycles. The highest BCUT2D eigenvalue weighted by Gasteiger charge is 2.15. The summed E-state index contributed by atoms with van der Waals surface area (Å²) < 4.78 is 6.22. The van der Waals surface area contributed by atoms with Crippen LogP contribution in [0.1, 0.15) is 25.0 Å². The molecule has 1 aliphatic carbocycles. The Bertz CT molecular complexity index is 268. The molecular weight excluding hydrogens is 230 g/mol. The summed E-state index contributed by atoms with van der Waals surface area (Å²) in [6, 6.07) is 4.74. The van der Waals surface area contributed by atoms with Gasteiger partial charge in [-0.2, -0.15) is 0 Å². The summed E-state index contributed by atoms with van der Waals surface area (Å²) in [5.41, 5.74) is 0. The summed E-state index contributed by atoms with van der Waals surface area (Å²) in [5.74, 6) is 1.05. The van der Waals surface area contributed by atoms with Gasteiger partial charge < -0.3 is 9.73 Å². The lowest BCUT2D eigenvalue weighted by atomic mass is 9.93. The minimum Gasteiger partial charge on any atom is -0.454 e. The normalized spacial score (nSPS) is 17.3. The number of rotatable bonds is 4. The fraction of sp³-hybridized carbons (Fsp3) is 0.600. The third-order valence-electron chi connectivity index (χ3n) is 2.54. The van der Waals surface area contributed by atoms with Gasteiger partial charge in [-0.1, -0.05) is 6.42 Å². The lowest BCUT2D eigenvalue weighted by Gasteiger charge is -2.26. The Labute approximate surface area is 86.8 Å². The molecule has 0 spiro atoms. The second-order valence-electron chi connectivity index (χ2n) is 3.54. The third-order valence-corrected chi connectivity index (χ3v) is 2.96. The van der Waals surface area contributed by atoms with Crippen molar-refractivity contribution in [3.8, 4) is 0 Å². The second kappa shape index (κ2) is 4.29. The third kappa shape index (κ3) is 2.58. The van der Waals surface area contributed by atoms with E-state index in [0.717, 1.165) is 29.4 Å². The van der Waals surface area contributed by atoms with Gasteiger partial charge in [0.05, 0.1) is 0 Å². The highest BCUT2D eigenvalue weighted by atomic mass is 79.9. The van der Waals surface area contributed by atoms with Gasteiger partial charge in [0.25, 0.3) is 0 Å². The molecule has 1 aromatic rings. The Kier molecular flexibility index (Phi) is 3.06. The smallest absolute Gasteiger partial charge is 0.169 e. The molecule has 0 unspecified atom stereocenters. The van der Waals surface area contributed by atoms with Gasteiger partial charge in [0.2, 0.25) is 0 Å². The van der Waals surface area contributed by atoms with Crippen LogP contribution in [0.3, 0.4) is 0 Å². The van der Waals surface area contributed by atoms with Crippen LogP contribution in [0.25, 0.3) is 0 Å². The second-order valence-corrected chi connectivity index (χ2v) is 4.32. The Morgan fingerprint density at radius 3 is 2.85 bits per heavy atom. The van der Waals surface area contributed by atoms with Gasteiger partial charge in [-0.05, 0) is 40.9 Å². The van der Waals surface area contributed by atoms with Gasteiger partial charge in [-0.25, -0.2) is 0 Å². The first-order valence-corrected chi connectivity index (χ1v) is 5.61. The molecule has 1 N–H and O–H groups in total. The quantitative estimate of drug-likeness (QED) is 0.880. The van der Waals surface area contributed by atoms with Crippen molar-refractivity contribution in [2.45, 2.75) is 31.7 Å². The predicted molar refractivity (Wildman–Crippen MR) is 55.8 cm³/mol. The van der Waals surface area contributed by atoms with E-state index in [2.05, 4.69) is 21.2 Å². The molecule has 0 aliphatic heterocycles. The molecule has 1 heterocycles. The zero-order valence-electron chi connectivity index (χ0n) is 7.55. The highest BCUT2D eigenvalue weighted by molar-refractivity contribution is 9.10. The average Bonchev–Trinajstić information content (AvgIpc) is 2.42. The summed E-state index contributed by atoms with van der Waals surface area (Å²) in [7, 11) is 0. The van der Waals surface area contributed by atoms with Crippen molar-refractivity contribution in [2.75, 3.05) is 6.54 Å². The van der Waals surface area contributed by atoms with Gasteiger partial charge >= 0.3 is 0 Å². The zero-order chi connectivity index (χ0) is 9.10. The van der Waals surface area contributed by atoms with Crippen LogP contribution in [0.15, 0.2) is 21.2 Å². The van der Waals surface area contributed by atoms with Gasteiger partial charge in [-0.3, -0.25) is 0 Å². The van der Waals surface area contributed by atoms with E-state index < -0.39 is 0 Å². The minimum atomic E-state index is 0.776. The summed E-state index contributed by atoms with van der Waals surface area (Å²) in [6.45, 7) is 1.03. The standard InChI is InChI=1S/C10H14BrNO/c11-10-5-4-9(13-10)6-7-12-8-2-1-3-8/h4-5,8,12H,1-3,6-7H2. The van der Waals surface area contributed by atoms with Crippen LogP contribution >= 0.6 is 15.9 Å². The summed E-state index contributed by atoms with van der Waals surface area (Å²) >= 11 is 3.29. The maximum absolute atomic E-state index is 5.39. The van der Waals surface area contributed by atoms with E-state index >= 15 is 0 Å². The minimum absolute atomic E-state index is 0.776. The van der Waals surface area contributed by atoms with Crippen molar-refractivity contribution in [3.63, 3.8) is 0 Å². The molecular formula is C10H14BrNO. The fourth-order valence-corrected chi connectivity index (χ4v) is 1.84. The largest absolute Gasteiger partial charge is 0.454 e. The summed E-state index contributed by atoms with van der Waals surface area (Å²) in [5, 5.41) is 3.50. The van der Waals surface area contributed by atoms with Crippen LogP contribution in [0, 0.1) is 0 Å². The summed E-state index contributed by atoms with van der Waals surface area (Å²) in [6.07, 6.45) is 5.08. The van der Waals surface area contributed by atoms with Gasteiger partial charge in [0.15, 0.2) is 4.67 Å². The Morgan fingerprint density at radius 1 is 1.46 bits per heavy atom. The van der Waals surface area contributed by atoms with Crippen molar-refractivity contribution in [1.29, 1.82) is 0 Å². The first-order chi connectivity index (χ1) is 6.34. The first-order valence-electron chi connectivity index (χ1n) is 4.82. The molecule has 0 bridgehead atoms.